The van der Waals surface area contributed by atoms with Crippen LogP contribution in [0.3, 0.4) is 0 Å². The fourth-order valence-corrected chi connectivity index (χ4v) is 1.62. The van der Waals surface area contributed by atoms with Gasteiger partial charge in [0.15, 0.2) is 0 Å². The van der Waals surface area contributed by atoms with Crippen LogP contribution in [0.5, 0.6) is 0 Å². The highest BCUT2D eigenvalue weighted by Gasteiger charge is 2.06. The summed E-state index contributed by atoms with van der Waals surface area (Å²) in [5.74, 6) is -0.587. The van der Waals surface area contributed by atoms with E-state index < -0.39 is 0 Å². The van der Waals surface area contributed by atoms with Crippen molar-refractivity contribution < 1.29 is 9.18 Å². The number of benzene rings is 2. The molecule has 0 aromatic heterocycles. The molecule has 0 unspecified atom stereocenters. The third kappa shape index (κ3) is 2.74. The van der Waals surface area contributed by atoms with E-state index in [-0.39, 0.29) is 11.7 Å². The largest absolute Gasteiger partial charge is 0.322 e. The molecule has 0 aliphatic carbocycles. The minimum Gasteiger partial charge on any atom is -0.322 e. The Morgan fingerprint density at radius 1 is 1.00 bits per heavy atom. The number of carbonyl (C=O) groups excluding carboxylic acids is 1. The standard InChI is InChI=1S/C15H14FNO/c1-10-3-8-14(9-11(10)2)17-15(18)12-4-6-13(16)7-5-12/h3-9H,1-2H3,(H,17,18). The van der Waals surface area contributed by atoms with Gasteiger partial charge in [0.05, 0.1) is 0 Å². The number of anilines is 1. The summed E-state index contributed by atoms with van der Waals surface area (Å²) >= 11 is 0. The van der Waals surface area contributed by atoms with Gasteiger partial charge < -0.3 is 5.32 Å². The second-order valence-electron chi connectivity index (χ2n) is 4.26. The van der Waals surface area contributed by atoms with Crippen LogP contribution in [-0.2, 0) is 0 Å². The Morgan fingerprint density at radius 3 is 2.28 bits per heavy atom. The van der Waals surface area contributed by atoms with E-state index in [9.17, 15) is 9.18 Å². The van der Waals surface area contributed by atoms with Gasteiger partial charge in [0.1, 0.15) is 5.82 Å². The zero-order valence-electron chi connectivity index (χ0n) is 10.3. The summed E-state index contributed by atoms with van der Waals surface area (Å²) in [7, 11) is 0. The first-order chi connectivity index (χ1) is 8.56. The molecule has 0 heterocycles. The van der Waals surface area contributed by atoms with Crippen LogP contribution in [0, 0.1) is 19.7 Å². The molecule has 2 aromatic carbocycles. The Balaban J connectivity index is 2.16. The van der Waals surface area contributed by atoms with Gasteiger partial charge in [-0.1, -0.05) is 6.07 Å². The monoisotopic (exact) mass is 243 g/mol. The average molecular weight is 243 g/mol. The Kier molecular flexibility index (Phi) is 3.42. The van der Waals surface area contributed by atoms with E-state index in [4.69, 9.17) is 0 Å². The van der Waals surface area contributed by atoms with E-state index in [1.807, 2.05) is 32.0 Å². The summed E-state index contributed by atoms with van der Waals surface area (Å²) in [6, 6.07) is 11.2. The molecule has 3 heteroatoms. The molecule has 92 valence electrons. The molecule has 2 aromatic rings. The second kappa shape index (κ2) is 5.00. The van der Waals surface area contributed by atoms with Gasteiger partial charge in [0.25, 0.3) is 5.91 Å². The number of halogens is 1. The lowest BCUT2D eigenvalue weighted by Crippen LogP contribution is -2.11. The first-order valence-corrected chi connectivity index (χ1v) is 5.70. The SMILES string of the molecule is Cc1ccc(NC(=O)c2ccc(F)cc2)cc1C. The normalized spacial score (nSPS) is 10.2. The molecule has 0 saturated heterocycles. The summed E-state index contributed by atoms with van der Waals surface area (Å²) in [5.41, 5.74) is 3.48. The molecule has 0 aliphatic heterocycles. The Bertz CT molecular complexity index is 576. The highest BCUT2D eigenvalue weighted by molar-refractivity contribution is 6.04. The van der Waals surface area contributed by atoms with Crippen LogP contribution < -0.4 is 5.32 Å². The molecular weight excluding hydrogens is 229 g/mol. The minimum absolute atomic E-state index is 0.238. The smallest absolute Gasteiger partial charge is 0.255 e. The average Bonchev–Trinajstić information content (AvgIpc) is 2.34. The van der Waals surface area contributed by atoms with E-state index in [0.717, 1.165) is 11.3 Å². The molecule has 18 heavy (non-hydrogen) atoms. The van der Waals surface area contributed by atoms with Crippen LogP contribution in [0.2, 0.25) is 0 Å². The first-order valence-electron chi connectivity index (χ1n) is 5.70. The zero-order chi connectivity index (χ0) is 13.1. The van der Waals surface area contributed by atoms with E-state index in [1.54, 1.807) is 0 Å². The van der Waals surface area contributed by atoms with E-state index in [0.29, 0.717) is 5.56 Å². The third-order valence-corrected chi connectivity index (χ3v) is 2.87. The number of hydrogen-bond donors (Lipinski definition) is 1. The van der Waals surface area contributed by atoms with Crippen molar-refractivity contribution in [3.05, 3.63) is 65.0 Å². The van der Waals surface area contributed by atoms with Crippen molar-refractivity contribution >= 4 is 11.6 Å². The minimum atomic E-state index is -0.349. The lowest BCUT2D eigenvalue weighted by atomic mass is 10.1. The van der Waals surface area contributed by atoms with Crippen molar-refractivity contribution in [2.24, 2.45) is 0 Å². The quantitative estimate of drug-likeness (QED) is 0.856. The molecule has 0 saturated carbocycles. The van der Waals surface area contributed by atoms with Crippen LogP contribution in [0.1, 0.15) is 21.5 Å². The number of carbonyl (C=O) groups is 1. The maximum absolute atomic E-state index is 12.7. The topological polar surface area (TPSA) is 29.1 Å². The summed E-state index contributed by atoms with van der Waals surface area (Å²) in [5, 5.41) is 2.78. The van der Waals surface area contributed by atoms with Crippen LogP contribution in [0.25, 0.3) is 0 Å². The molecule has 2 rings (SSSR count). The fourth-order valence-electron chi connectivity index (χ4n) is 1.62. The lowest BCUT2D eigenvalue weighted by Gasteiger charge is -2.07. The summed E-state index contributed by atoms with van der Waals surface area (Å²) in [6.45, 7) is 4.00. The fraction of sp³-hybridized carbons (Fsp3) is 0.133. The molecule has 0 radical (unpaired) electrons. The van der Waals surface area contributed by atoms with Gasteiger partial charge in [-0.25, -0.2) is 4.39 Å². The van der Waals surface area contributed by atoms with E-state index in [2.05, 4.69) is 5.32 Å². The molecule has 2 nitrogen and oxygen atoms in total. The molecular formula is C15H14FNO. The second-order valence-corrected chi connectivity index (χ2v) is 4.26. The Labute approximate surface area is 105 Å². The van der Waals surface area contributed by atoms with Gasteiger partial charge in [0, 0.05) is 11.3 Å². The van der Waals surface area contributed by atoms with Gasteiger partial charge in [-0.15, -0.1) is 0 Å². The first kappa shape index (κ1) is 12.3. The summed E-state index contributed by atoms with van der Waals surface area (Å²) in [6.07, 6.45) is 0. The highest BCUT2D eigenvalue weighted by Crippen LogP contribution is 2.15. The molecule has 0 bridgehead atoms. The van der Waals surface area contributed by atoms with Gasteiger partial charge in [0.2, 0.25) is 0 Å². The molecule has 0 spiro atoms. The zero-order valence-corrected chi connectivity index (χ0v) is 10.3. The van der Waals surface area contributed by atoms with Gasteiger partial charge in [-0.05, 0) is 61.4 Å². The number of rotatable bonds is 2. The Morgan fingerprint density at radius 2 is 1.67 bits per heavy atom. The highest BCUT2D eigenvalue weighted by atomic mass is 19.1. The van der Waals surface area contributed by atoms with Gasteiger partial charge in [-0.3, -0.25) is 4.79 Å². The van der Waals surface area contributed by atoms with Crippen LogP contribution >= 0.6 is 0 Å². The number of amides is 1. The van der Waals surface area contributed by atoms with E-state index in [1.165, 1.54) is 29.8 Å². The molecule has 0 aliphatic rings. The van der Waals surface area contributed by atoms with Crippen molar-refractivity contribution in [3.8, 4) is 0 Å². The molecule has 1 N–H and O–H groups in total. The number of aryl methyl sites for hydroxylation is 2. The lowest BCUT2D eigenvalue weighted by molar-refractivity contribution is 0.102. The predicted octanol–water partition coefficient (Wildman–Crippen LogP) is 3.69. The number of hydrogen-bond acceptors (Lipinski definition) is 1. The van der Waals surface area contributed by atoms with Crippen LogP contribution in [0.15, 0.2) is 42.5 Å². The predicted molar refractivity (Wildman–Crippen MR) is 70.3 cm³/mol. The molecule has 0 fully saturated rings. The van der Waals surface area contributed by atoms with Crippen molar-refractivity contribution in [3.63, 3.8) is 0 Å². The third-order valence-electron chi connectivity index (χ3n) is 2.87. The van der Waals surface area contributed by atoms with Crippen molar-refractivity contribution in [2.45, 2.75) is 13.8 Å². The van der Waals surface area contributed by atoms with Crippen molar-refractivity contribution in [1.82, 2.24) is 0 Å². The van der Waals surface area contributed by atoms with Crippen molar-refractivity contribution in [1.29, 1.82) is 0 Å². The van der Waals surface area contributed by atoms with E-state index >= 15 is 0 Å². The van der Waals surface area contributed by atoms with Gasteiger partial charge in [-0.2, -0.15) is 0 Å². The maximum Gasteiger partial charge on any atom is 0.255 e. The Hall–Kier alpha value is -2.16. The van der Waals surface area contributed by atoms with Gasteiger partial charge >= 0.3 is 0 Å². The summed E-state index contributed by atoms with van der Waals surface area (Å²) < 4.78 is 12.7. The molecule has 0 atom stereocenters. The summed E-state index contributed by atoms with van der Waals surface area (Å²) in [4.78, 5) is 11.9. The maximum atomic E-state index is 12.7. The number of nitrogens with one attached hydrogen (secondary N) is 1. The van der Waals surface area contributed by atoms with Crippen LogP contribution in [0.4, 0.5) is 10.1 Å². The van der Waals surface area contributed by atoms with Crippen molar-refractivity contribution in [2.75, 3.05) is 5.32 Å². The van der Waals surface area contributed by atoms with Crippen LogP contribution in [-0.4, -0.2) is 5.91 Å². The molecule has 1 amide bonds.